The summed E-state index contributed by atoms with van der Waals surface area (Å²) < 4.78 is 87.9. The van der Waals surface area contributed by atoms with E-state index in [2.05, 4.69) is 17.2 Å². The normalized spacial score (nSPS) is 12.9. The molecule has 83 heavy (non-hydrogen) atoms. The molecule has 0 atom stereocenters. The zero-order chi connectivity index (χ0) is 58.7. The number of ether oxygens (including phenoxy) is 16. The van der Waals surface area contributed by atoms with Gasteiger partial charge in [0.05, 0.1) is 230 Å². The molecular formula is C58H87N3O22. The Morgan fingerprint density at radius 1 is 0.386 bits per heavy atom. The first-order valence-corrected chi connectivity index (χ1v) is 28.5. The molecule has 2 heterocycles. The summed E-state index contributed by atoms with van der Waals surface area (Å²) in [5, 5.41) is 3.33. The van der Waals surface area contributed by atoms with Gasteiger partial charge in [-0.3, -0.25) is 19.2 Å². The highest BCUT2D eigenvalue weighted by Gasteiger charge is 2.32. The fourth-order valence-electron chi connectivity index (χ4n) is 7.28. The number of hydrogen-bond acceptors (Lipinski definition) is 22. The number of benzene rings is 2. The van der Waals surface area contributed by atoms with Crippen LogP contribution >= 0.6 is 0 Å². The fourth-order valence-corrected chi connectivity index (χ4v) is 7.28. The molecular weight excluding hydrogens is 1090 g/mol. The van der Waals surface area contributed by atoms with Gasteiger partial charge in [0.25, 0.3) is 11.8 Å². The molecule has 0 bridgehead atoms. The molecule has 1 N–H and O–H groups in total. The molecule has 25 nitrogen and oxygen atoms in total. The van der Waals surface area contributed by atoms with Gasteiger partial charge in [0.15, 0.2) is 0 Å². The van der Waals surface area contributed by atoms with E-state index in [1.807, 2.05) is 48.5 Å². The van der Waals surface area contributed by atoms with Crippen molar-refractivity contribution in [2.24, 2.45) is 0 Å². The number of anilines is 1. The monoisotopic (exact) mass is 1180 g/mol. The van der Waals surface area contributed by atoms with Crippen molar-refractivity contribution in [1.29, 1.82) is 0 Å². The summed E-state index contributed by atoms with van der Waals surface area (Å²) >= 11 is 0. The molecule has 0 saturated carbocycles. The standard InChI is InChI=1S/C58H87N3O22/c62-54(11-12-55(63)60-49-52-7-2-1-5-50(52)9-10-51-6-3-4-8-53(51)60)59-16-18-68-20-22-70-24-26-72-28-30-74-32-34-76-36-38-78-40-42-80-44-46-82-48-47-81-45-43-79-41-39-77-37-35-75-33-31-73-29-27-71-25-23-69-21-19-67-17-15-58(66)83-61-56(64)13-14-57(61)65/h1-8H,11-49H2,(H,59,62). The topological polar surface area (TPSA) is 261 Å². The molecule has 0 radical (unpaired) electrons. The molecule has 0 aromatic heterocycles. The second-order valence-electron chi connectivity index (χ2n) is 17.8. The molecule has 0 aliphatic carbocycles. The smallest absolute Gasteiger partial charge is 0.335 e. The van der Waals surface area contributed by atoms with Crippen molar-refractivity contribution < 1.29 is 105 Å². The molecule has 2 aliphatic rings. The minimum absolute atomic E-state index is 0.0510. The number of imide groups is 1. The molecule has 2 aromatic rings. The van der Waals surface area contributed by atoms with Gasteiger partial charge in [-0.05, 0) is 23.8 Å². The molecule has 25 heteroatoms. The van der Waals surface area contributed by atoms with Gasteiger partial charge >= 0.3 is 5.97 Å². The Bertz CT molecular complexity index is 2090. The van der Waals surface area contributed by atoms with Gasteiger partial charge in [-0.25, -0.2) is 4.79 Å². The van der Waals surface area contributed by atoms with Crippen LogP contribution in [0.15, 0.2) is 48.5 Å². The highest BCUT2D eigenvalue weighted by atomic mass is 16.7. The van der Waals surface area contributed by atoms with Gasteiger partial charge in [-0.1, -0.05) is 42.2 Å². The zero-order valence-electron chi connectivity index (χ0n) is 48.1. The average molecular weight is 1180 g/mol. The van der Waals surface area contributed by atoms with E-state index in [-0.39, 0.29) is 57.1 Å². The van der Waals surface area contributed by atoms with Crippen molar-refractivity contribution in [3.05, 3.63) is 65.2 Å². The Morgan fingerprint density at radius 2 is 0.711 bits per heavy atom. The quantitative estimate of drug-likeness (QED) is 0.0565. The summed E-state index contributed by atoms with van der Waals surface area (Å²) in [5.74, 6) is 4.32. The molecule has 2 aromatic carbocycles. The van der Waals surface area contributed by atoms with Crippen molar-refractivity contribution in [3.63, 3.8) is 0 Å². The van der Waals surface area contributed by atoms with E-state index < -0.39 is 17.8 Å². The number of nitrogens with zero attached hydrogens (tertiary/aromatic N) is 2. The van der Waals surface area contributed by atoms with Crippen LogP contribution in [0.2, 0.25) is 0 Å². The molecule has 1 fully saturated rings. The second-order valence-corrected chi connectivity index (χ2v) is 17.8. The zero-order valence-corrected chi connectivity index (χ0v) is 48.1. The van der Waals surface area contributed by atoms with Gasteiger partial charge in [-0.2, -0.15) is 0 Å². The lowest BCUT2D eigenvalue weighted by atomic mass is 10.0. The van der Waals surface area contributed by atoms with Crippen LogP contribution < -0.4 is 10.2 Å². The number of hydroxylamine groups is 2. The fraction of sp³-hybridized carbons (Fsp3) is 0.672. The Kier molecular flexibility index (Phi) is 41.7. The Balaban J connectivity index is 0.740. The predicted molar refractivity (Wildman–Crippen MR) is 297 cm³/mol. The van der Waals surface area contributed by atoms with Crippen molar-refractivity contribution in [3.8, 4) is 11.8 Å². The third-order valence-corrected chi connectivity index (χ3v) is 11.5. The molecule has 4 amide bonds. The van der Waals surface area contributed by atoms with E-state index in [1.54, 1.807) is 4.90 Å². The van der Waals surface area contributed by atoms with Crippen LogP contribution in [0.25, 0.3) is 0 Å². The first kappa shape index (κ1) is 70.4. The number of fused-ring (bicyclic) bond motifs is 2. The van der Waals surface area contributed by atoms with Crippen molar-refractivity contribution in [2.45, 2.75) is 38.6 Å². The number of amides is 4. The van der Waals surface area contributed by atoms with E-state index in [0.29, 0.717) is 216 Å². The summed E-state index contributed by atoms with van der Waals surface area (Å²) in [7, 11) is 0. The molecule has 466 valence electrons. The van der Waals surface area contributed by atoms with Gasteiger partial charge in [-0.15, -0.1) is 5.06 Å². The number of rotatable bonds is 55. The Labute approximate surface area is 487 Å². The summed E-state index contributed by atoms with van der Waals surface area (Å²) in [6.45, 7) is 14.2. The predicted octanol–water partition coefficient (Wildman–Crippen LogP) is 2.09. The summed E-state index contributed by atoms with van der Waals surface area (Å²) in [5.41, 5.74) is 3.38. The van der Waals surface area contributed by atoms with E-state index in [4.69, 9.17) is 80.6 Å². The number of nitrogens with one attached hydrogen (secondary N) is 1. The highest BCUT2D eigenvalue weighted by molar-refractivity contribution is 6.01. The largest absolute Gasteiger partial charge is 0.378 e. The summed E-state index contributed by atoms with van der Waals surface area (Å²) in [4.78, 5) is 66.9. The number of para-hydroxylation sites is 1. The SMILES string of the molecule is O=C(CCC(=O)N1Cc2ccccc2C#Cc2ccccc21)NCCOCCOCCOCCOCCOCCOCCOCCOCCOCCOCCOCCOCCOCCOCCOCCOCCC(=O)ON1C(=O)CCC1=O. The molecule has 4 rings (SSSR count). The second kappa shape index (κ2) is 49.2. The van der Waals surface area contributed by atoms with Crippen LogP contribution in [-0.4, -0.2) is 253 Å². The maximum absolute atomic E-state index is 13.3. The van der Waals surface area contributed by atoms with Crippen LogP contribution in [0, 0.1) is 11.8 Å². The van der Waals surface area contributed by atoms with Gasteiger partial charge in [0.1, 0.15) is 0 Å². The van der Waals surface area contributed by atoms with Crippen LogP contribution in [-0.2, 0) is 111 Å². The van der Waals surface area contributed by atoms with Crippen LogP contribution in [0.1, 0.15) is 48.8 Å². The van der Waals surface area contributed by atoms with E-state index in [1.165, 1.54) is 0 Å². The number of carbonyl (C=O) groups is 5. The van der Waals surface area contributed by atoms with Crippen molar-refractivity contribution in [1.82, 2.24) is 10.4 Å². The maximum Gasteiger partial charge on any atom is 0.335 e. The minimum atomic E-state index is -0.706. The molecule has 2 aliphatic heterocycles. The molecule has 0 unspecified atom stereocenters. The minimum Gasteiger partial charge on any atom is -0.378 e. The van der Waals surface area contributed by atoms with E-state index >= 15 is 0 Å². The van der Waals surface area contributed by atoms with Gasteiger partial charge in [0, 0.05) is 43.4 Å². The van der Waals surface area contributed by atoms with Crippen LogP contribution in [0.3, 0.4) is 0 Å². The first-order chi connectivity index (χ1) is 40.9. The van der Waals surface area contributed by atoms with Crippen molar-refractivity contribution in [2.75, 3.05) is 223 Å². The Hall–Kier alpha value is -5.09. The summed E-state index contributed by atoms with van der Waals surface area (Å²) in [6, 6.07) is 15.4. The summed E-state index contributed by atoms with van der Waals surface area (Å²) in [6.07, 6.45) is 0.173. The third-order valence-electron chi connectivity index (χ3n) is 11.5. The highest BCUT2D eigenvalue weighted by Crippen LogP contribution is 2.26. The molecule has 1 saturated heterocycles. The van der Waals surface area contributed by atoms with Crippen LogP contribution in [0.5, 0.6) is 0 Å². The lowest BCUT2D eigenvalue weighted by Crippen LogP contribution is -2.34. The molecule has 0 spiro atoms. The van der Waals surface area contributed by atoms with Gasteiger partial charge < -0.3 is 90.8 Å². The lowest BCUT2D eigenvalue weighted by Gasteiger charge is -2.26. The van der Waals surface area contributed by atoms with Gasteiger partial charge in [0.2, 0.25) is 11.8 Å². The number of carbonyl (C=O) groups excluding carboxylic acids is 5. The average Bonchev–Trinajstić information content (AvgIpc) is 4.03. The number of hydrogen-bond donors (Lipinski definition) is 1. The van der Waals surface area contributed by atoms with E-state index in [9.17, 15) is 24.0 Å². The third kappa shape index (κ3) is 35.7. The van der Waals surface area contributed by atoms with Crippen LogP contribution in [0.4, 0.5) is 5.69 Å². The Morgan fingerprint density at radius 3 is 1.11 bits per heavy atom. The van der Waals surface area contributed by atoms with E-state index in [0.717, 1.165) is 22.4 Å². The lowest BCUT2D eigenvalue weighted by molar-refractivity contribution is -0.198. The maximum atomic E-state index is 13.3. The van der Waals surface area contributed by atoms with Crippen molar-refractivity contribution >= 4 is 35.3 Å². The first-order valence-electron chi connectivity index (χ1n) is 28.5.